The maximum absolute atomic E-state index is 12.6. The van der Waals surface area contributed by atoms with E-state index in [0.29, 0.717) is 6.54 Å². The van der Waals surface area contributed by atoms with Crippen LogP contribution in [-0.4, -0.2) is 50.1 Å². The van der Waals surface area contributed by atoms with Crippen LogP contribution in [0.1, 0.15) is 52.0 Å². The maximum Gasteiger partial charge on any atom is 0.307 e. The first-order valence-electron chi connectivity index (χ1n) is 10.1. The summed E-state index contributed by atoms with van der Waals surface area (Å²) in [6, 6.07) is 6.70. The maximum atomic E-state index is 12.6. The highest BCUT2D eigenvalue weighted by Crippen LogP contribution is 2.52. The molecule has 160 valence electrons. The lowest BCUT2D eigenvalue weighted by atomic mass is 9.65. The summed E-state index contributed by atoms with van der Waals surface area (Å²) in [7, 11) is -3.56. The van der Waals surface area contributed by atoms with Crippen molar-refractivity contribution in [2.45, 2.75) is 64.3 Å². The van der Waals surface area contributed by atoms with Crippen LogP contribution in [0.2, 0.25) is 0 Å². The summed E-state index contributed by atoms with van der Waals surface area (Å²) in [4.78, 5) is 26.7. The van der Waals surface area contributed by atoms with Gasteiger partial charge >= 0.3 is 5.97 Å². The number of esters is 1. The van der Waals surface area contributed by atoms with E-state index in [-0.39, 0.29) is 46.5 Å². The minimum Gasteiger partial charge on any atom is -0.456 e. The van der Waals surface area contributed by atoms with Gasteiger partial charge in [-0.3, -0.25) is 9.59 Å². The minimum absolute atomic E-state index is 0.119. The molecule has 1 amide bonds. The molecule has 0 radical (unpaired) electrons. The predicted molar refractivity (Wildman–Crippen MR) is 110 cm³/mol. The molecule has 0 spiro atoms. The van der Waals surface area contributed by atoms with Crippen LogP contribution in [-0.2, 0) is 24.2 Å². The molecule has 2 fully saturated rings. The van der Waals surface area contributed by atoms with Crippen molar-refractivity contribution in [2.24, 2.45) is 10.8 Å². The van der Waals surface area contributed by atoms with Crippen LogP contribution in [0.25, 0.3) is 0 Å². The van der Waals surface area contributed by atoms with Crippen molar-refractivity contribution in [3.05, 3.63) is 29.8 Å². The number of sulfone groups is 1. The van der Waals surface area contributed by atoms with Crippen LogP contribution in [0.15, 0.2) is 29.2 Å². The Morgan fingerprint density at radius 2 is 1.79 bits per heavy atom. The minimum atomic E-state index is -3.56. The van der Waals surface area contributed by atoms with E-state index in [1.54, 1.807) is 12.1 Å². The molecule has 2 aliphatic rings. The number of aryl methyl sites for hydroxylation is 1. The predicted octanol–water partition coefficient (Wildman–Crippen LogP) is 3.13. The zero-order chi connectivity index (χ0) is 21.4. The van der Waals surface area contributed by atoms with Crippen LogP contribution in [0, 0.1) is 17.8 Å². The third-order valence-electron chi connectivity index (χ3n) is 6.05. The van der Waals surface area contributed by atoms with Crippen molar-refractivity contribution < 1.29 is 22.7 Å². The highest BCUT2D eigenvalue weighted by Gasteiger charge is 2.50. The van der Waals surface area contributed by atoms with Crippen molar-refractivity contribution in [3.63, 3.8) is 0 Å². The number of benzene rings is 1. The second-order valence-electron chi connectivity index (χ2n) is 9.78. The Morgan fingerprint density at radius 3 is 2.45 bits per heavy atom. The van der Waals surface area contributed by atoms with Crippen LogP contribution >= 0.6 is 0 Å². The summed E-state index contributed by atoms with van der Waals surface area (Å²) in [5.41, 5.74) is 1.28. The lowest BCUT2D eigenvalue weighted by Crippen LogP contribution is -2.39. The van der Waals surface area contributed by atoms with Crippen LogP contribution in [0.3, 0.4) is 0 Å². The Kier molecular flexibility index (Phi) is 5.82. The van der Waals surface area contributed by atoms with E-state index in [4.69, 9.17) is 4.74 Å². The molecule has 0 unspecified atom stereocenters. The second kappa shape index (κ2) is 7.74. The molecular formula is C22H31NO5S. The van der Waals surface area contributed by atoms with E-state index >= 15 is 0 Å². The molecule has 3 rings (SSSR count). The van der Waals surface area contributed by atoms with Gasteiger partial charge in [0.15, 0.2) is 16.4 Å². The first-order valence-corrected chi connectivity index (χ1v) is 11.8. The van der Waals surface area contributed by atoms with E-state index < -0.39 is 15.8 Å². The van der Waals surface area contributed by atoms with Gasteiger partial charge < -0.3 is 9.64 Å². The first-order chi connectivity index (χ1) is 13.4. The number of fused-ring (bicyclic) bond motifs is 2. The van der Waals surface area contributed by atoms with Crippen molar-refractivity contribution in [3.8, 4) is 0 Å². The van der Waals surface area contributed by atoms with Gasteiger partial charge in [0, 0.05) is 12.6 Å². The number of likely N-dealkylation sites (tertiary alicyclic amines) is 1. The van der Waals surface area contributed by atoms with Gasteiger partial charge in [-0.2, -0.15) is 0 Å². The Morgan fingerprint density at radius 1 is 1.14 bits per heavy atom. The molecule has 6 nitrogen and oxygen atoms in total. The number of rotatable bonds is 6. The molecular weight excluding hydrogens is 390 g/mol. The van der Waals surface area contributed by atoms with Crippen LogP contribution < -0.4 is 0 Å². The summed E-state index contributed by atoms with van der Waals surface area (Å²) in [6.07, 6.45) is 2.76. The molecule has 1 aromatic rings. The summed E-state index contributed by atoms with van der Waals surface area (Å²) in [5.74, 6) is -1.18. The number of hydrogen-bond acceptors (Lipinski definition) is 5. The highest BCUT2D eigenvalue weighted by atomic mass is 32.2. The van der Waals surface area contributed by atoms with Gasteiger partial charge in [0.1, 0.15) is 0 Å². The fourth-order valence-electron chi connectivity index (χ4n) is 5.13. The van der Waals surface area contributed by atoms with Gasteiger partial charge in [0.25, 0.3) is 5.91 Å². The van der Waals surface area contributed by atoms with Gasteiger partial charge in [0.2, 0.25) is 0 Å². The Labute approximate surface area is 173 Å². The summed E-state index contributed by atoms with van der Waals surface area (Å²) in [5, 5.41) is 0. The molecule has 1 aliphatic heterocycles. The summed E-state index contributed by atoms with van der Waals surface area (Å²) < 4.78 is 29.8. The monoisotopic (exact) mass is 421 g/mol. The number of carbonyl (C=O) groups is 2. The SMILES string of the molecule is Cc1ccc(S(=O)(=O)CCC(=O)OCC(=O)N2C[C@@]3(C)C[C@H]2CC(C)(C)C3)cc1. The molecule has 0 aromatic heterocycles. The second-order valence-corrected chi connectivity index (χ2v) is 11.9. The first kappa shape index (κ1) is 21.8. The van der Waals surface area contributed by atoms with Crippen molar-refractivity contribution in [2.75, 3.05) is 18.9 Å². The normalized spacial score (nSPS) is 25.7. The van der Waals surface area contributed by atoms with Crippen LogP contribution in [0.4, 0.5) is 0 Å². The van der Waals surface area contributed by atoms with Gasteiger partial charge in [0.05, 0.1) is 17.1 Å². The quantitative estimate of drug-likeness (QED) is 0.659. The van der Waals surface area contributed by atoms with E-state index in [9.17, 15) is 18.0 Å². The van der Waals surface area contributed by atoms with Gasteiger partial charge in [-0.15, -0.1) is 0 Å². The Balaban J connectivity index is 1.50. The van der Waals surface area contributed by atoms with Gasteiger partial charge in [-0.1, -0.05) is 38.5 Å². The number of nitrogens with zero attached hydrogens (tertiary/aromatic N) is 1. The topological polar surface area (TPSA) is 80.7 Å². The molecule has 0 N–H and O–H groups in total. The zero-order valence-electron chi connectivity index (χ0n) is 17.7. The summed E-state index contributed by atoms with van der Waals surface area (Å²) >= 11 is 0. The molecule has 2 atom stereocenters. The average molecular weight is 422 g/mol. The van der Waals surface area contributed by atoms with Crippen molar-refractivity contribution in [1.29, 1.82) is 0 Å². The standard InChI is InChI=1S/C22H31NO5S/c1-16-5-7-18(8-6-16)29(26,27)10-9-20(25)28-13-19(24)23-15-22(4)12-17(23)11-21(2,3)14-22/h5-8,17H,9-15H2,1-4H3/t17-,22+/m1/s1. The molecule has 1 saturated carbocycles. The molecule has 7 heteroatoms. The highest BCUT2D eigenvalue weighted by molar-refractivity contribution is 7.91. The number of amides is 1. The van der Waals surface area contributed by atoms with Gasteiger partial charge in [-0.25, -0.2) is 8.42 Å². The lowest BCUT2D eigenvalue weighted by molar-refractivity contribution is -0.152. The molecule has 1 saturated heterocycles. The molecule has 1 heterocycles. The largest absolute Gasteiger partial charge is 0.456 e. The lowest BCUT2D eigenvalue weighted by Gasteiger charge is -2.39. The Bertz CT molecular complexity index is 890. The van der Waals surface area contributed by atoms with E-state index in [1.165, 1.54) is 12.1 Å². The average Bonchev–Trinajstić information content (AvgIpc) is 2.87. The smallest absolute Gasteiger partial charge is 0.307 e. The molecule has 1 aromatic carbocycles. The third kappa shape index (κ3) is 5.18. The van der Waals surface area contributed by atoms with Crippen LogP contribution in [0.5, 0.6) is 0 Å². The molecule has 2 bridgehead atoms. The number of ether oxygens (including phenoxy) is 1. The molecule has 1 aliphatic carbocycles. The summed E-state index contributed by atoms with van der Waals surface area (Å²) in [6.45, 7) is 8.94. The fraction of sp³-hybridized carbons (Fsp3) is 0.636. The van der Waals surface area contributed by atoms with Crippen molar-refractivity contribution in [1.82, 2.24) is 4.90 Å². The van der Waals surface area contributed by atoms with Gasteiger partial charge in [-0.05, 0) is 49.1 Å². The van der Waals surface area contributed by atoms with E-state index in [2.05, 4.69) is 20.8 Å². The fourth-order valence-corrected chi connectivity index (χ4v) is 6.35. The van der Waals surface area contributed by atoms with E-state index in [0.717, 1.165) is 24.8 Å². The third-order valence-corrected chi connectivity index (χ3v) is 7.78. The Hall–Kier alpha value is -1.89. The van der Waals surface area contributed by atoms with Crippen molar-refractivity contribution >= 4 is 21.7 Å². The zero-order valence-corrected chi connectivity index (χ0v) is 18.5. The van der Waals surface area contributed by atoms with E-state index in [1.807, 2.05) is 11.8 Å². The molecule has 29 heavy (non-hydrogen) atoms. The number of hydrogen-bond donors (Lipinski definition) is 0. The number of carbonyl (C=O) groups excluding carboxylic acids is 2.